The van der Waals surface area contributed by atoms with Crippen molar-refractivity contribution in [2.45, 2.75) is 117 Å². The summed E-state index contributed by atoms with van der Waals surface area (Å²) in [4.78, 5) is 13.9. The molecule has 26 heavy (non-hydrogen) atoms. The van der Waals surface area contributed by atoms with E-state index in [0.29, 0.717) is 0 Å². The second-order valence-electron chi connectivity index (χ2n) is 7.17. The molecule has 0 aromatic heterocycles. The molecule has 0 aliphatic rings. The molecule has 160 valence electrons. The van der Waals surface area contributed by atoms with Gasteiger partial charge in [0.2, 0.25) is 0 Å². The van der Waals surface area contributed by atoms with Gasteiger partial charge in [0.15, 0.2) is 0 Å². The van der Waals surface area contributed by atoms with Crippen molar-refractivity contribution in [3.8, 4) is 0 Å². The zero-order valence-electron chi connectivity index (χ0n) is 17.4. The Morgan fingerprint density at radius 2 is 0.846 bits per heavy atom. The van der Waals surface area contributed by atoms with Crippen LogP contribution in [0.15, 0.2) is 0 Å². The van der Waals surface area contributed by atoms with Crippen LogP contribution in [0.5, 0.6) is 0 Å². The minimum absolute atomic E-state index is 1.24. The van der Waals surface area contributed by atoms with E-state index < -0.39 is 7.91 Å². The smallest absolute Gasteiger partial charge is 0.317 e. The molecule has 0 saturated carbocycles. The molecule has 0 spiro atoms. The third-order valence-electron chi connectivity index (χ3n) is 4.41. The summed E-state index contributed by atoms with van der Waals surface area (Å²) in [5.74, 6) is 0. The van der Waals surface area contributed by atoms with Gasteiger partial charge in [-0.2, -0.15) is 0 Å². The number of rotatable bonds is 18. The lowest BCUT2D eigenvalue weighted by atomic mass is 10.1. The van der Waals surface area contributed by atoms with Crippen LogP contribution in [0.4, 0.5) is 4.20 Å². The maximum Gasteiger partial charge on any atom is 0.507 e. The molecule has 0 rings (SSSR count). The summed E-state index contributed by atoms with van der Waals surface area (Å²) in [5, 5.41) is 3.61. The maximum atomic E-state index is 10.4. The predicted molar refractivity (Wildman–Crippen MR) is 111 cm³/mol. The monoisotopic (exact) mass is 397 g/mol. The Labute approximate surface area is 162 Å². The average Bonchev–Trinajstić information content (AvgIpc) is 2.56. The van der Waals surface area contributed by atoms with E-state index in [-0.39, 0.29) is 0 Å². The summed E-state index contributed by atoms with van der Waals surface area (Å²) in [7, 11) is -5.14. The number of hydrogen-bond acceptors (Lipinski definition) is 2. The number of halogens is 1. The van der Waals surface area contributed by atoms with E-state index in [9.17, 15) is 4.20 Å². The van der Waals surface area contributed by atoms with E-state index in [0.717, 1.165) is 0 Å². The molecule has 0 fully saturated rings. The normalized spacial score (nSPS) is 11.3. The molecular weight excluding hydrogens is 352 g/mol. The Hall–Kier alpha value is 0.0400. The van der Waals surface area contributed by atoms with Gasteiger partial charge in [0, 0.05) is 0 Å². The summed E-state index contributed by atoms with van der Waals surface area (Å²) in [6.07, 6.45) is 22.8. The van der Waals surface area contributed by atoms with E-state index in [1.54, 1.807) is 0 Å². The number of nitrogens with one attached hydrogen (secondary N) is 1. The highest BCUT2D eigenvalue weighted by atomic mass is 31.2. The highest BCUT2D eigenvalue weighted by Gasteiger charge is 2.04. The minimum atomic E-state index is -5.14. The van der Waals surface area contributed by atoms with Gasteiger partial charge in [-0.1, -0.05) is 104 Å². The van der Waals surface area contributed by atoms with Crippen molar-refractivity contribution < 1.29 is 18.5 Å². The molecular formula is C20H45FNO3P. The van der Waals surface area contributed by atoms with E-state index in [1.165, 1.54) is 116 Å². The highest BCUT2D eigenvalue weighted by molar-refractivity contribution is 7.45. The Kier molecular flexibility index (Phi) is 25.1. The van der Waals surface area contributed by atoms with Gasteiger partial charge in [0.05, 0.1) is 0 Å². The molecule has 4 nitrogen and oxygen atoms in total. The quantitative estimate of drug-likeness (QED) is 0.174. The van der Waals surface area contributed by atoms with Gasteiger partial charge in [-0.15, -0.1) is 4.20 Å². The molecule has 3 N–H and O–H groups in total. The molecule has 0 bridgehead atoms. The van der Waals surface area contributed by atoms with Crippen LogP contribution in [0.2, 0.25) is 0 Å². The van der Waals surface area contributed by atoms with Gasteiger partial charge in [0.25, 0.3) is 0 Å². The fraction of sp³-hybridized carbons (Fsp3) is 1.00. The van der Waals surface area contributed by atoms with Crippen LogP contribution >= 0.6 is 7.91 Å². The summed E-state index contributed by atoms with van der Waals surface area (Å²) in [5.41, 5.74) is 0. The molecule has 0 unspecified atom stereocenters. The van der Waals surface area contributed by atoms with Crippen molar-refractivity contribution in [3.63, 3.8) is 0 Å². The first-order valence-corrected chi connectivity index (χ1v) is 12.4. The molecule has 0 aromatic carbocycles. The molecule has 0 amide bonds. The summed E-state index contributed by atoms with van der Waals surface area (Å²) < 4.78 is 19.0. The van der Waals surface area contributed by atoms with Crippen molar-refractivity contribution in [1.82, 2.24) is 5.32 Å². The summed E-state index contributed by atoms with van der Waals surface area (Å²) in [6.45, 7) is 7.06. The molecule has 0 aromatic rings. The number of unbranched alkanes of at least 4 members (excludes halogenated alkanes) is 14. The first-order valence-electron chi connectivity index (χ1n) is 10.9. The van der Waals surface area contributed by atoms with Crippen LogP contribution in [-0.2, 0) is 4.57 Å². The molecule has 0 aliphatic heterocycles. The minimum Gasteiger partial charge on any atom is -0.317 e. The fourth-order valence-electron chi connectivity index (χ4n) is 2.89. The van der Waals surface area contributed by atoms with E-state index in [4.69, 9.17) is 14.4 Å². The Balaban J connectivity index is 0. The second-order valence-corrected chi connectivity index (χ2v) is 8.12. The van der Waals surface area contributed by atoms with E-state index >= 15 is 0 Å². The summed E-state index contributed by atoms with van der Waals surface area (Å²) >= 11 is 0. The average molecular weight is 398 g/mol. The van der Waals surface area contributed by atoms with Crippen LogP contribution in [0, 0.1) is 0 Å². The van der Waals surface area contributed by atoms with Gasteiger partial charge in [-0.05, 0) is 25.9 Å². The van der Waals surface area contributed by atoms with E-state index in [1.807, 2.05) is 0 Å². The van der Waals surface area contributed by atoms with Crippen LogP contribution in [-0.4, -0.2) is 22.9 Å². The van der Waals surface area contributed by atoms with Gasteiger partial charge in [0.1, 0.15) is 0 Å². The molecule has 0 radical (unpaired) electrons. The van der Waals surface area contributed by atoms with Crippen molar-refractivity contribution in [3.05, 3.63) is 0 Å². The maximum absolute atomic E-state index is 10.4. The third kappa shape index (κ3) is 39.2. The predicted octanol–water partition coefficient (Wildman–Crippen LogP) is 6.91. The van der Waals surface area contributed by atoms with Crippen LogP contribution in [0.3, 0.4) is 0 Å². The number of hydrogen-bond donors (Lipinski definition) is 3. The van der Waals surface area contributed by atoms with Crippen molar-refractivity contribution in [2.75, 3.05) is 13.1 Å². The topological polar surface area (TPSA) is 69.6 Å². The first kappa shape index (κ1) is 28.3. The molecule has 6 heteroatoms. The first-order chi connectivity index (χ1) is 12.4. The van der Waals surface area contributed by atoms with Crippen molar-refractivity contribution >= 4 is 7.91 Å². The Morgan fingerprint density at radius 3 is 1.12 bits per heavy atom. The zero-order chi connectivity index (χ0) is 19.9. The van der Waals surface area contributed by atoms with Crippen molar-refractivity contribution in [2.24, 2.45) is 0 Å². The second kappa shape index (κ2) is 23.1. The lowest BCUT2D eigenvalue weighted by Gasteiger charge is -2.05. The van der Waals surface area contributed by atoms with Crippen LogP contribution in [0.25, 0.3) is 0 Å². The summed E-state index contributed by atoms with van der Waals surface area (Å²) in [6, 6.07) is 0. The lowest BCUT2D eigenvalue weighted by molar-refractivity contribution is 0.322. The molecule has 0 saturated heterocycles. The van der Waals surface area contributed by atoms with Crippen LogP contribution < -0.4 is 5.32 Å². The molecule has 0 atom stereocenters. The van der Waals surface area contributed by atoms with Gasteiger partial charge in [-0.3, -0.25) is 9.79 Å². The highest BCUT2D eigenvalue weighted by Crippen LogP contribution is 2.35. The third-order valence-corrected chi connectivity index (χ3v) is 4.41. The Morgan fingerprint density at radius 1 is 0.615 bits per heavy atom. The van der Waals surface area contributed by atoms with Gasteiger partial charge in [-0.25, -0.2) is 4.57 Å². The van der Waals surface area contributed by atoms with Gasteiger partial charge < -0.3 is 5.32 Å². The largest absolute Gasteiger partial charge is 0.507 e. The fourth-order valence-corrected chi connectivity index (χ4v) is 2.89. The van der Waals surface area contributed by atoms with Crippen molar-refractivity contribution in [1.29, 1.82) is 0 Å². The lowest BCUT2D eigenvalue weighted by Crippen LogP contribution is -2.16. The SMILES string of the molecule is CCCCCCCCCCNCCCCCCCCCC.O=P(O)(O)F. The molecule has 0 heterocycles. The molecule has 0 aliphatic carbocycles. The van der Waals surface area contributed by atoms with E-state index in [2.05, 4.69) is 19.2 Å². The Bertz CT molecular complexity index is 275. The standard InChI is InChI=1S/C20H43N.FH2O3P/c1-3-5-7-9-11-13-15-17-19-21-20-18-16-14-12-10-8-6-4-2;1-5(2,3)4/h21H,3-20H2,1-2H3;(H2,2,3,4). The zero-order valence-corrected chi connectivity index (χ0v) is 18.3. The van der Waals surface area contributed by atoms with Gasteiger partial charge >= 0.3 is 7.91 Å². The van der Waals surface area contributed by atoms with Crippen LogP contribution in [0.1, 0.15) is 117 Å².